The summed E-state index contributed by atoms with van der Waals surface area (Å²) in [6.07, 6.45) is -0.977. The number of hydrogen-bond donors (Lipinski definition) is 2. The summed E-state index contributed by atoms with van der Waals surface area (Å²) in [5.74, 6) is -0.146. The Bertz CT molecular complexity index is 757. The van der Waals surface area contributed by atoms with Gasteiger partial charge in [0.15, 0.2) is 6.10 Å². The molecule has 26 heavy (non-hydrogen) atoms. The van der Waals surface area contributed by atoms with Crippen LogP contribution in [-0.4, -0.2) is 30.2 Å². The Hall–Kier alpha value is -3.02. The summed E-state index contributed by atoms with van der Waals surface area (Å²) >= 11 is 0. The normalized spacial score (nSPS) is 12.7. The summed E-state index contributed by atoms with van der Waals surface area (Å²) in [5.41, 5.74) is 1.70. The maximum atomic E-state index is 12.5. The minimum atomic E-state index is -0.984. The number of carbonyl (C=O) groups is 2. The van der Waals surface area contributed by atoms with Gasteiger partial charge in [0.1, 0.15) is 11.5 Å². The molecule has 2 unspecified atom stereocenters. The number of aryl methyl sites for hydroxylation is 1. The zero-order valence-electron chi connectivity index (χ0n) is 15.1. The van der Waals surface area contributed by atoms with E-state index in [0.29, 0.717) is 11.5 Å². The van der Waals surface area contributed by atoms with Crippen LogP contribution in [0.4, 0.5) is 0 Å². The third-order valence-corrected chi connectivity index (χ3v) is 4.00. The lowest BCUT2D eigenvalue weighted by atomic mass is 9.98. The Morgan fingerprint density at radius 2 is 1.69 bits per heavy atom. The van der Waals surface area contributed by atoms with Crippen LogP contribution < -0.4 is 14.8 Å². The average molecular weight is 357 g/mol. The lowest BCUT2D eigenvalue weighted by Crippen LogP contribution is -2.39. The number of carboxylic acids is 1. The number of carbonyl (C=O) groups excluding carboxylic acids is 1. The molecule has 6 heteroatoms. The molecule has 0 aliphatic rings. The van der Waals surface area contributed by atoms with Crippen molar-refractivity contribution in [3.05, 3.63) is 59.7 Å². The molecule has 0 aliphatic heterocycles. The highest BCUT2D eigenvalue weighted by atomic mass is 16.5. The molecule has 0 spiro atoms. The van der Waals surface area contributed by atoms with Crippen molar-refractivity contribution in [3.63, 3.8) is 0 Å². The van der Waals surface area contributed by atoms with Crippen molar-refractivity contribution in [1.82, 2.24) is 5.32 Å². The molecule has 0 aliphatic carbocycles. The van der Waals surface area contributed by atoms with E-state index in [2.05, 4.69) is 5.32 Å². The van der Waals surface area contributed by atoms with Crippen molar-refractivity contribution < 1.29 is 24.2 Å². The summed E-state index contributed by atoms with van der Waals surface area (Å²) < 4.78 is 10.7. The van der Waals surface area contributed by atoms with Gasteiger partial charge in [-0.3, -0.25) is 9.59 Å². The van der Waals surface area contributed by atoms with Crippen LogP contribution in [-0.2, 0) is 9.59 Å². The lowest BCUT2D eigenvalue weighted by Gasteiger charge is -2.22. The number of methoxy groups -OCH3 is 1. The Labute approximate surface area is 152 Å². The van der Waals surface area contributed by atoms with Crippen molar-refractivity contribution in [1.29, 1.82) is 0 Å². The van der Waals surface area contributed by atoms with Gasteiger partial charge in [0.05, 0.1) is 19.6 Å². The summed E-state index contributed by atoms with van der Waals surface area (Å²) in [7, 11) is 1.57. The second-order valence-electron chi connectivity index (χ2n) is 5.95. The monoisotopic (exact) mass is 357 g/mol. The number of ether oxygens (including phenoxy) is 2. The number of nitrogens with one attached hydrogen (secondary N) is 1. The van der Waals surface area contributed by atoms with Gasteiger partial charge in [-0.2, -0.15) is 0 Å². The average Bonchev–Trinajstić information content (AvgIpc) is 2.61. The van der Waals surface area contributed by atoms with E-state index in [1.54, 1.807) is 38.3 Å². The highest BCUT2D eigenvalue weighted by Gasteiger charge is 2.23. The van der Waals surface area contributed by atoms with E-state index in [4.69, 9.17) is 9.47 Å². The predicted octanol–water partition coefficient (Wildman–Crippen LogP) is 3.10. The van der Waals surface area contributed by atoms with Crippen LogP contribution in [0.15, 0.2) is 48.5 Å². The number of carboxylic acid groups (broad SMARTS) is 1. The minimum absolute atomic E-state index is 0.203. The van der Waals surface area contributed by atoms with E-state index in [1.165, 1.54) is 0 Å². The van der Waals surface area contributed by atoms with Crippen LogP contribution in [0, 0.1) is 6.92 Å². The molecule has 138 valence electrons. The van der Waals surface area contributed by atoms with Gasteiger partial charge in [-0.05, 0) is 49.2 Å². The Morgan fingerprint density at radius 1 is 1.08 bits per heavy atom. The minimum Gasteiger partial charge on any atom is -0.497 e. The molecule has 2 N–H and O–H groups in total. The summed E-state index contributed by atoms with van der Waals surface area (Å²) in [6, 6.07) is 13.7. The smallest absolute Gasteiger partial charge is 0.305 e. The molecule has 2 atom stereocenters. The van der Waals surface area contributed by atoms with Crippen LogP contribution in [0.3, 0.4) is 0 Å². The summed E-state index contributed by atoms with van der Waals surface area (Å²) in [5, 5.41) is 12.0. The van der Waals surface area contributed by atoms with Crippen molar-refractivity contribution in [3.8, 4) is 11.5 Å². The summed E-state index contributed by atoms with van der Waals surface area (Å²) in [6.45, 7) is 3.50. The molecule has 0 radical (unpaired) electrons. The standard InChI is InChI=1S/C20H23NO5/c1-13-6-4-5-7-17(13)18(12-19(22)23)21-20(24)14(2)26-16-10-8-15(25-3)9-11-16/h4-11,14,18H,12H2,1-3H3,(H,21,24)(H,22,23). The molecule has 0 bridgehead atoms. The molecule has 0 saturated carbocycles. The second kappa shape index (κ2) is 8.89. The lowest BCUT2D eigenvalue weighted by molar-refractivity contribution is -0.138. The molecule has 0 aromatic heterocycles. The van der Waals surface area contributed by atoms with E-state index in [9.17, 15) is 14.7 Å². The first-order chi connectivity index (χ1) is 12.4. The number of rotatable bonds is 8. The van der Waals surface area contributed by atoms with Gasteiger partial charge in [-0.15, -0.1) is 0 Å². The van der Waals surface area contributed by atoms with Crippen molar-refractivity contribution in [2.24, 2.45) is 0 Å². The SMILES string of the molecule is COc1ccc(OC(C)C(=O)NC(CC(=O)O)c2ccccc2C)cc1. The maximum Gasteiger partial charge on any atom is 0.305 e. The first kappa shape index (κ1) is 19.3. The van der Waals surface area contributed by atoms with Gasteiger partial charge in [0.2, 0.25) is 0 Å². The van der Waals surface area contributed by atoms with Crippen LogP contribution in [0.25, 0.3) is 0 Å². The van der Waals surface area contributed by atoms with E-state index < -0.39 is 18.1 Å². The molecule has 0 saturated heterocycles. The van der Waals surface area contributed by atoms with E-state index in [-0.39, 0.29) is 12.3 Å². The summed E-state index contributed by atoms with van der Waals surface area (Å²) in [4.78, 5) is 23.7. The third kappa shape index (κ3) is 5.24. The fourth-order valence-corrected chi connectivity index (χ4v) is 2.59. The van der Waals surface area contributed by atoms with Gasteiger partial charge in [-0.25, -0.2) is 0 Å². The van der Waals surface area contributed by atoms with E-state index >= 15 is 0 Å². The van der Waals surface area contributed by atoms with Gasteiger partial charge in [-0.1, -0.05) is 24.3 Å². The van der Waals surface area contributed by atoms with Gasteiger partial charge in [0.25, 0.3) is 5.91 Å². The second-order valence-corrected chi connectivity index (χ2v) is 5.95. The first-order valence-corrected chi connectivity index (χ1v) is 8.29. The van der Waals surface area contributed by atoms with Gasteiger partial charge < -0.3 is 19.9 Å². The zero-order chi connectivity index (χ0) is 19.1. The molecule has 0 heterocycles. The van der Waals surface area contributed by atoms with Crippen molar-refractivity contribution in [2.45, 2.75) is 32.4 Å². The van der Waals surface area contributed by atoms with Gasteiger partial charge in [0, 0.05) is 0 Å². The van der Waals surface area contributed by atoms with Gasteiger partial charge >= 0.3 is 5.97 Å². The number of hydrogen-bond acceptors (Lipinski definition) is 4. The Morgan fingerprint density at radius 3 is 2.27 bits per heavy atom. The Kier molecular flexibility index (Phi) is 6.60. The molecule has 1 amide bonds. The molecule has 2 aromatic rings. The Balaban J connectivity index is 2.07. The number of benzene rings is 2. The van der Waals surface area contributed by atoms with Crippen LogP contribution in [0.5, 0.6) is 11.5 Å². The van der Waals surface area contributed by atoms with Crippen LogP contribution >= 0.6 is 0 Å². The fraction of sp³-hybridized carbons (Fsp3) is 0.300. The number of aliphatic carboxylic acids is 1. The highest BCUT2D eigenvalue weighted by Crippen LogP contribution is 2.22. The first-order valence-electron chi connectivity index (χ1n) is 8.29. The number of amides is 1. The van der Waals surface area contributed by atoms with Crippen LogP contribution in [0.1, 0.15) is 30.5 Å². The maximum absolute atomic E-state index is 12.5. The largest absolute Gasteiger partial charge is 0.497 e. The fourth-order valence-electron chi connectivity index (χ4n) is 2.59. The topological polar surface area (TPSA) is 84.9 Å². The van der Waals surface area contributed by atoms with Crippen LogP contribution in [0.2, 0.25) is 0 Å². The molecule has 6 nitrogen and oxygen atoms in total. The van der Waals surface area contributed by atoms with Crippen molar-refractivity contribution >= 4 is 11.9 Å². The van der Waals surface area contributed by atoms with E-state index in [1.807, 2.05) is 31.2 Å². The predicted molar refractivity (Wildman–Crippen MR) is 97.4 cm³/mol. The van der Waals surface area contributed by atoms with Crippen molar-refractivity contribution in [2.75, 3.05) is 7.11 Å². The highest BCUT2D eigenvalue weighted by molar-refractivity contribution is 5.82. The quantitative estimate of drug-likeness (QED) is 0.758. The molecule has 0 fully saturated rings. The van der Waals surface area contributed by atoms with E-state index in [0.717, 1.165) is 11.1 Å². The zero-order valence-corrected chi connectivity index (χ0v) is 15.1. The third-order valence-electron chi connectivity index (χ3n) is 4.00. The molecular weight excluding hydrogens is 334 g/mol. The molecular formula is C20H23NO5. The molecule has 2 aromatic carbocycles. The molecule has 2 rings (SSSR count).